The summed E-state index contributed by atoms with van der Waals surface area (Å²) in [6.07, 6.45) is 1.95. The molecule has 74 valence electrons. The topological polar surface area (TPSA) is 29.4 Å². The van der Waals surface area contributed by atoms with Crippen molar-refractivity contribution in [2.45, 2.75) is 20.8 Å². The molecule has 0 fully saturated rings. The van der Waals surface area contributed by atoms with Gasteiger partial charge in [-0.1, -0.05) is 38.1 Å². The van der Waals surface area contributed by atoms with Gasteiger partial charge in [0.25, 0.3) is 5.91 Å². The van der Waals surface area contributed by atoms with E-state index in [0.717, 1.165) is 10.6 Å². The lowest BCUT2D eigenvalue weighted by Gasteiger charge is -2.04. The Morgan fingerprint density at radius 1 is 1.21 bits per heavy atom. The van der Waals surface area contributed by atoms with E-state index in [0.29, 0.717) is 0 Å². The molecule has 0 N–H and O–H groups in total. The number of amides is 1. The van der Waals surface area contributed by atoms with Crippen LogP contribution in [0.2, 0.25) is 0 Å². The minimum Gasteiger partial charge on any atom is -0.272 e. The number of para-hydroxylation sites is 1. The molecule has 14 heavy (non-hydrogen) atoms. The number of benzene rings is 1. The Kier molecular flexibility index (Phi) is 3.57. The zero-order valence-electron chi connectivity index (χ0n) is 8.82. The van der Waals surface area contributed by atoms with Gasteiger partial charge in [0.15, 0.2) is 0 Å². The Morgan fingerprint density at radius 2 is 1.86 bits per heavy atom. The van der Waals surface area contributed by atoms with Crippen molar-refractivity contribution < 1.29 is 4.79 Å². The molecular weight excluding hydrogens is 174 g/mol. The maximum Gasteiger partial charge on any atom is 0.252 e. The van der Waals surface area contributed by atoms with E-state index in [2.05, 4.69) is 4.99 Å². The molecule has 2 rings (SSSR count). The molecule has 1 unspecified atom stereocenters. The van der Waals surface area contributed by atoms with Gasteiger partial charge in [-0.15, -0.1) is 0 Å². The zero-order valence-corrected chi connectivity index (χ0v) is 8.82. The summed E-state index contributed by atoms with van der Waals surface area (Å²) in [6, 6.07) is 7.67. The molecule has 1 atom stereocenters. The lowest BCUT2D eigenvalue weighted by atomic mass is 10.1. The Labute approximate surface area is 84.0 Å². The molecular formula is C12H15NO. The maximum absolute atomic E-state index is 11.2. The van der Waals surface area contributed by atoms with E-state index in [1.54, 1.807) is 0 Å². The van der Waals surface area contributed by atoms with Crippen molar-refractivity contribution >= 4 is 12.0 Å². The highest BCUT2D eigenvalue weighted by atomic mass is 16.1. The fraction of sp³-hybridized carbons (Fsp3) is 0.333. The molecule has 1 amide bonds. The highest BCUT2D eigenvalue weighted by Gasteiger charge is 2.11. The summed E-state index contributed by atoms with van der Waals surface area (Å²) in [7, 11) is 0. The molecule has 1 aromatic carbocycles. The number of fused-ring (bicyclic) bond motifs is 1. The molecule has 0 spiro atoms. The molecule has 0 aliphatic carbocycles. The SMILES string of the molecule is CC.CC1C=c2ccccc2=NC1=O. The van der Waals surface area contributed by atoms with E-state index >= 15 is 0 Å². The number of carbonyl (C=O) groups is 1. The van der Waals surface area contributed by atoms with Crippen molar-refractivity contribution in [2.24, 2.45) is 10.9 Å². The van der Waals surface area contributed by atoms with Gasteiger partial charge in [-0.25, -0.2) is 4.99 Å². The number of hydrogen-bond donors (Lipinski definition) is 0. The average Bonchev–Trinajstić information content (AvgIpc) is 2.23. The van der Waals surface area contributed by atoms with Crippen LogP contribution in [0.15, 0.2) is 29.3 Å². The largest absolute Gasteiger partial charge is 0.272 e. The van der Waals surface area contributed by atoms with Crippen molar-refractivity contribution in [3.05, 3.63) is 34.8 Å². The van der Waals surface area contributed by atoms with E-state index in [1.807, 2.05) is 51.1 Å². The Bertz CT molecular complexity index is 434. The third-order valence-corrected chi connectivity index (χ3v) is 1.99. The molecule has 0 saturated heterocycles. The third kappa shape index (κ3) is 2.08. The highest BCUT2D eigenvalue weighted by Crippen LogP contribution is 2.00. The van der Waals surface area contributed by atoms with Crippen LogP contribution in [0, 0.1) is 5.92 Å². The fourth-order valence-electron chi connectivity index (χ4n) is 1.29. The third-order valence-electron chi connectivity index (χ3n) is 1.99. The molecule has 0 aromatic heterocycles. The van der Waals surface area contributed by atoms with Gasteiger partial charge in [0.05, 0.1) is 11.3 Å². The smallest absolute Gasteiger partial charge is 0.252 e. The second kappa shape index (κ2) is 4.70. The lowest BCUT2D eigenvalue weighted by Crippen LogP contribution is -2.32. The van der Waals surface area contributed by atoms with Crippen LogP contribution in [0.5, 0.6) is 0 Å². The number of hydrogen-bond acceptors (Lipinski definition) is 1. The molecule has 0 bridgehead atoms. The van der Waals surface area contributed by atoms with Crippen LogP contribution in [0.25, 0.3) is 6.08 Å². The van der Waals surface area contributed by atoms with Crippen LogP contribution in [0.3, 0.4) is 0 Å². The van der Waals surface area contributed by atoms with E-state index in [1.165, 1.54) is 0 Å². The van der Waals surface area contributed by atoms with Gasteiger partial charge in [-0.3, -0.25) is 4.79 Å². The van der Waals surface area contributed by atoms with Crippen LogP contribution in [0.4, 0.5) is 0 Å². The molecule has 2 heteroatoms. The quantitative estimate of drug-likeness (QED) is 0.604. The Balaban J connectivity index is 0.000000461. The summed E-state index contributed by atoms with van der Waals surface area (Å²) in [5.74, 6) is -0.117. The average molecular weight is 189 g/mol. The summed E-state index contributed by atoms with van der Waals surface area (Å²) in [6.45, 7) is 5.86. The molecule has 1 heterocycles. The first-order valence-electron chi connectivity index (χ1n) is 4.97. The predicted molar refractivity (Wildman–Crippen MR) is 57.2 cm³/mol. The molecule has 1 aromatic rings. The van der Waals surface area contributed by atoms with Crippen LogP contribution in [-0.4, -0.2) is 5.91 Å². The molecule has 0 radical (unpaired) electrons. The number of rotatable bonds is 0. The molecule has 0 saturated carbocycles. The van der Waals surface area contributed by atoms with Crippen molar-refractivity contribution in [1.82, 2.24) is 0 Å². The van der Waals surface area contributed by atoms with Crippen molar-refractivity contribution in [1.29, 1.82) is 0 Å². The first kappa shape index (κ1) is 10.6. The summed E-state index contributed by atoms with van der Waals surface area (Å²) in [5, 5.41) is 1.85. The van der Waals surface area contributed by atoms with E-state index in [9.17, 15) is 4.79 Å². The minimum atomic E-state index is -0.0695. The monoisotopic (exact) mass is 189 g/mol. The number of carbonyl (C=O) groups excluding carboxylic acids is 1. The van der Waals surface area contributed by atoms with Crippen LogP contribution in [-0.2, 0) is 4.79 Å². The van der Waals surface area contributed by atoms with Crippen LogP contribution >= 0.6 is 0 Å². The van der Waals surface area contributed by atoms with Gasteiger partial charge in [0.1, 0.15) is 0 Å². The highest BCUT2D eigenvalue weighted by molar-refractivity contribution is 5.85. The fourth-order valence-corrected chi connectivity index (χ4v) is 1.29. The standard InChI is InChI=1S/C10H9NO.C2H6/c1-7-6-8-4-2-3-5-9(8)11-10(7)12;1-2/h2-7H,1H3;1-2H3. The van der Waals surface area contributed by atoms with E-state index in [-0.39, 0.29) is 11.8 Å². The summed E-state index contributed by atoms with van der Waals surface area (Å²) >= 11 is 0. The second-order valence-electron chi connectivity index (χ2n) is 2.96. The molecule has 2 nitrogen and oxygen atoms in total. The van der Waals surface area contributed by atoms with Gasteiger partial charge in [-0.2, -0.15) is 0 Å². The maximum atomic E-state index is 11.2. The predicted octanol–water partition coefficient (Wildman–Crippen LogP) is 1.29. The van der Waals surface area contributed by atoms with E-state index in [4.69, 9.17) is 0 Å². The van der Waals surface area contributed by atoms with Gasteiger partial charge >= 0.3 is 0 Å². The van der Waals surface area contributed by atoms with Crippen LogP contribution < -0.4 is 10.6 Å². The molecule has 1 aliphatic rings. The summed E-state index contributed by atoms with van der Waals surface area (Å²) in [4.78, 5) is 15.1. The summed E-state index contributed by atoms with van der Waals surface area (Å²) in [5.41, 5.74) is 0. The summed E-state index contributed by atoms with van der Waals surface area (Å²) < 4.78 is 0. The Hall–Kier alpha value is -1.44. The first-order chi connectivity index (χ1) is 6.77. The van der Waals surface area contributed by atoms with Crippen molar-refractivity contribution in [3.8, 4) is 0 Å². The zero-order chi connectivity index (χ0) is 10.6. The first-order valence-corrected chi connectivity index (χ1v) is 4.97. The van der Waals surface area contributed by atoms with Crippen molar-refractivity contribution in [2.75, 3.05) is 0 Å². The Morgan fingerprint density at radius 3 is 2.57 bits per heavy atom. The number of nitrogens with zero attached hydrogens (tertiary/aromatic N) is 1. The van der Waals surface area contributed by atoms with Gasteiger partial charge in [0, 0.05) is 0 Å². The van der Waals surface area contributed by atoms with Crippen LogP contribution in [0.1, 0.15) is 20.8 Å². The van der Waals surface area contributed by atoms with Gasteiger partial charge < -0.3 is 0 Å². The molecule has 1 aliphatic heterocycles. The lowest BCUT2D eigenvalue weighted by molar-refractivity contribution is -0.119. The van der Waals surface area contributed by atoms with Gasteiger partial charge in [-0.05, 0) is 18.2 Å². The second-order valence-corrected chi connectivity index (χ2v) is 2.96. The van der Waals surface area contributed by atoms with Crippen molar-refractivity contribution in [3.63, 3.8) is 0 Å². The normalized spacial score (nSPS) is 18.2. The van der Waals surface area contributed by atoms with E-state index < -0.39 is 0 Å². The van der Waals surface area contributed by atoms with Gasteiger partial charge in [0.2, 0.25) is 0 Å². The minimum absolute atomic E-state index is 0.0475.